The SMILES string of the molecule is CC(C)(C)OC(=O)N1CCS(=N)(=O)CC1.Cc1ccc(S(=O)(=O)n2ccc3c(-c4nc(Cl)cc(N5CCOC[C@H]5C)n4)ccnc32)cc1.Cc1ccc(S(=O)(=O)n2ccc3c(-c4nc(N=S5(=O)CCCCC5)cc(N5CCOC[C@H]5C)n4)ccnc32)cc1. The molecule has 2 atom stereocenters. The molecule has 4 aliphatic heterocycles. The van der Waals surface area contributed by atoms with Gasteiger partial charge >= 0.3 is 6.09 Å². The second-order valence-corrected chi connectivity index (χ2v) is 32.1. The number of morpholine rings is 2. The molecular formula is C60H72ClN13O10S4. The highest BCUT2D eigenvalue weighted by Crippen LogP contribution is 2.35. The van der Waals surface area contributed by atoms with E-state index in [1.54, 1.807) is 97.3 Å². The molecule has 6 aromatic heterocycles. The molecule has 0 aliphatic carbocycles. The number of benzene rings is 2. The number of halogens is 1. The summed E-state index contributed by atoms with van der Waals surface area (Å²) in [6, 6.07) is 24.2. The lowest BCUT2D eigenvalue weighted by molar-refractivity contribution is 0.0268. The Morgan fingerprint density at radius 2 is 1.11 bits per heavy atom. The summed E-state index contributed by atoms with van der Waals surface area (Å²) in [4.78, 5) is 45.3. The predicted octanol–water partition coefficient (Wildman–Crippen LogP) is 9.75. The Kier molecular flexibility index (Phi) is 19.0. The summed E-state index contributed by atoms with van der Waals surface area (Å²) in [7, 11) is -12.5. The lowest BCUT2D eigenvalue weighted by Crippen LogP contribution is -2.45. The molecule has 0 radical (unpaired) electrons. The number of pyridine rings is 2. The number of rotatable bonds is 9. The average molecular weight is 1300 g/mol. The molecule has 468 valence electrons. The molecule has 0 unspecified atom stereocenters. The number of nitrogens with zero attached hydrogens (tertiary/aromatic N) is 12. The molecule has 12 rings (SSSR count). The molecule has 1 amide bonds. The Balaban J connectivity index is 0.000000160. The molecule has 8 aromatic rings. The fourth-order valence-electron chi connectivity index (χ4n) is 10.4. The molecule has 2 aromatic carbocycles. The lowest BCUT2D eigenvalue weighted by atomic mass is 10.1. The van der Waals surface area contributed by atoms with Gasteiger partial charge in [-0.25, -0.2) is 67.9 Å². The number of anilines is 2. The van der Waals surface area contributed by atoms with Crippen LogP contribution >= 0.6 is 11.6 Å². The van der Waals surface area contributed by atoms with Gasteiger partial charge in [0.2, 0.25) is 0 Å². The maximum absolute atomic E-state index is 13.5. The number of aryl methyl sites for hydroxylation is 2. The fraction of sp³-hybridized carbons (Fsp3) is 0.417. The van der Waals surface area contributed by atoms with Crippen molar-refractivity contribution < 1.29 is 44.3 Å². The van der Waals surface area contributed by atoms with Crippen LogP contribution in [0.15, 0.2) is 124 Å². The van der Waals surface area contributed by atoms with Crippen molar-refractivity contribution in [3.8, 4) is 22.8 Å². The first-order valence-corrected chi connectivity index (χ1v) is 35.9. The zero-order chi connectivity index (χ0) is 62.8. The van der Waals surface area contributed by atoms with Crippen LogP contribution in [-0.4, -0.2) is 167 Å². The van der Waals surface area contributed by atoms with Crippen LogP contribution in [-0.2, 0) is 53.7 Å². The zero-order valence-electron chi connectivity index (χ0n) is 50.1. The molecule has 23 nitrogen and oxygen atoms in total. The smallest absolute Gasteiger partial charge is 0.410 e. The topological polar surface area (TPSA) is 280 Å². The summed E-state index contributed by atoms with van der Waals surface area (Å²) in [6.45, 7) is 17.8. The van der Waals surface area contributed by atoms with Crippen molar-refractivity contribution in [3.63, 3.8) is 0 Å². The van der Waals surface area contributed by atoms with Gasteiger partial charge in [0.1, 0.15) is 22.4 Å². The van der Waals surface area contributed by atoms with Crippen molar-refractivity contribution in [1.82, 2.24) is 42.7 Å². The summed E-state index contributed by atoms with van der Waals surface area (Å²) in [6.07, 6.45) is 8.60. The van der Waals surface area contributed by atoms with E-state index in [1.807, 2.05) is 34.6 Å². The van der Waals surface area contributed by atoms with Crippen LogP contribution in [0.25, 0.3) is 44.8 Å². The molecule has 10 heterocycles. The third kappa shape index (κ3) is 14.6. The van der Waals surface area contributed by atoms with Gasteiger partial charge in [-0.05, 0) is 110 Å². The molecule has 4 fully saturated rings. The Labute approximate surface area is 519 Å². The van der Waals surface area contributed by atoms with Crippen LogP contribution in [0.3, 0.4) is 0 Å². The average Bonchev–Trinajstić information content (AvgIpc) is 1.92. The maximum atomic E-state index is 13.5. The fourth-order valence-corrected chi connectivity index (χ4v) is 16.6. The molecule has 0 spiro atoms. The van der Waals surface area contributed by atoms with E-state index in [0.29, 0.717) is 126 Å². The first-order valence-electron chi connectivity index (χ1n) is 28.9. The number of amides is 1. The van der Waals surface area contributed by atoms with Gasteiger partial charge in [0.25, 0.3) is 20.0 Å². The standard InChI is InChI=1S/C28H32N6O4S2.C23H22ClN5O3S.C9H18N2O3S/c1-20-6-8-22(9-7-20)40(36,37)34-13-11-24-23(10-12-29-28(24)34)27-30-25(32-39(35)16-4-3-5-17-39)18-26(31-27)33-14-15-38-19-21(33)2;1-15-3-5-17(6-4-15)33(30,31)29-10-8-19-18(7-9-25-23(19)29)22-26-20(24)13-21(27-22)28-11-12-32-14-16(28)2;1-9(2,3)14-8(12)11-4-6-15(10,13)7-5-11/h6-13,18,21H,3-5,14-17,19H2,1-2H3;3-10,13,16H,11-12,14H2,1-2H3;10H,4-7H2,1-3H3/t21-;16-;/m11./s1. The first-order chi connectivity index (χ1) is 41.8. The highest BCUT2D eigenvalue weighted by molar-refractivity contribution is 7.93. The van der Waals surface area contributed by atoms with Crippen LogP contribution in [0, 0.1) is 18.6 Å². The van der Waals surface area contributed by atoms with Crippen molar-refractivity contribution >= 4 is 96.7 Å². The van der Waals surface area contributed by atoms with Gasteiger partial charge in [0, 0.05) is 118 Å². The van der Waals surface area contributed by atoms with Gasteiger partial charge in [-0.1, -0.05) is 53.4 Å². The number of ether oxygens (including phenoxy) is 3. The molecule has 4 aliphatic rings. The molecule has 88 heavy (non-hydrogen) atoms. The second-order valence-electron chi connectivity index (χ2n) is 23.1. The van der Waals surface area contributed by atoms with Crippen molar-refractivity contribution in [3.05, 3.63) is 126 Å². The van der Waals surface area contributed by atoms with Gasteiger partial charge < -0.3 is 28.9 Å². The van der Waals surface area contributed by atoms with E-state index in [2.05, 4.69) is 38.6 Å². The molecule has 4 saturated heterocycles. The van der Waals surface area contributed by atoms with E-state index in [4.69, 9.17) is 49.9 Å². The van der Waals surface area contributed by atoms with E-state index < -0.39 is 45.1 Å². The maximum Gasteiger partial charge on any atom is 0.410 e. The van der Waals surface area contributed by atoms with Crippen molar-refractivity contribution in [2.75, 3.05) is 85.4 Å². The zero-order valence-corrected chi connectivity index (χ0v) is 54.1. The molecule has 0 saturated carbocycles. The number of nitrogens with one attached hydrogen (secondary N) is 1. The monoisotopic (exact) mass is 1300 g/mol. The molecule has 0 bridgehead atoms. The van der Waals surface area contributed by atoms with E-state index in [-0.39, 0.29) is 45.1 Å². The quantitative estimate of drug-likeness (QED) is 0.132. The van der Waals surface area contributed by atoms with Crippen molar-refractivity contribution in [1.29, 1.82) is 4.78 Å². The highest BCUT2D eigenvalue weighted by Gasteiger charge is 2.30. The normalized spacial score (nSPS) is 18.8. The van der Waals surface area contributed by atoms with Gasteiger partial charge in [-0.2, -0.15) is 4.36 Å². The van der Waals surface area contributed by atoms with Gasteiger partial charge in [-0.15, -0.1) is 0 Å². The van der Waals surface area contributed by atoms with Gasteiger partial charge in [0.15, 0.2) is 28.8 Å². The Morgan fingerprint density at radius 1 is 0.648 bits per heavy atom. The van der Waals surface area contributed by atoms with E-state index >= 15 is 0 Å². The minimum atomic E-state index is -3.87. The number of hydrogen-bond acceptors (Lipinski definition) is 20. The van der Waals surface area contributed by atoms with Crippen LogP contribution in [0.4, 0.5) is 22.2 Å². The number of carbonyl (C=O) groups is 1. The Morgan fingerprint density at radius 3 is 1.58 bits per heavy atom. The van der Waals surface area contributed by atoms with E-state index in [1.165, 1.54) is 25.2 Å². The van der Waals surface area contributed by atoms with Crippen molar-refractivity contribution in [2.45, 2.75) is 95.2 Å². The molecular weight excluding hydrogens is 1230 g/mol. The van der Waals surface area contributed by atoms with Gasteiger partial charge in [0.05, 0.1) is 58.0 Å². The molecule has 1 N–H and O–H groups in total. The Bertz CT molecular complexity index is 4340. The second kappa shape index (κ2) is 26.1. The third-order valence-electron chi connectivity index (χ3n) is 15.2. The lowest BCUT2D eigenvalue weighted by Gasteiger charge is -2.34. The predicted molar refractivity (Wildman–Crippen MR) is 342 cm³/mol. The van der Waals surface area contributed by atoms with Crippen LogP contribution in [0.2, 0.25) is 5.15 Å². The molecule has 28 heteroatoms. The summed E-state index contributed by atoms with van der Waals surface area (Å²) in [5.74, 6) is 4.19. The highest BCUT2D eigenvalue weighted by atomic mass is 35.5. The van der Waals surface area contributed by atoms with Gasteiger partial charge in [-0.3, -0.25) is 4.78 Å². The summed E-state index contributed by atoms with van der Waals surface area (Å²) < 4.78 is 109. The largest absolute Gasteiger partial charge is 0.444 e. The summed E-state index contributed by atoms with van der Waals surface area (Å²) in [5.41, 5.74) is 3.32. The van der Waals surface area contributed by atoms with Crippen LogP contribution in [0.5, 0.6) is 0 Å². The Hall–Kier alpha value is -7.14. The van der Waals surface area contributed by atoms with Crippen LogP contribution in [0.1, 0.15) is 65.0 Å². The number of hydrogen-bond donors (Lipinski definition) is 1. The third-order valence-corrected chi connectivity index (χ3v) is 22.8. The number of aromatic nitrogens is 8. The van der Waals surface area contributed by atoms with E-state index in [0.717, 1.165) is 30.4 Å². The minimum Gasteiger partial charge on any atom is -0.444 e. The first kappa shape index (κ1) is 63.9. The number of carbonyl (C=O) groups excluding carboxylic acids is 1. The summed E-state index contributed by atoms with van der Waals surface area (Å²) in [5, 5.41) is 1.53. The minimum absolute atomic E-state index is 0.0887. The summed E-state index contributed by atoms with van der Waals surface area (Å²) >= 11 is 6.36. The van der Waals surface area contributed by atoms with Crippen molar-refractivity contribution in [2.24, 2.45) is 4.36 Å². The van der Waals surface area contributed by atoms with E-state index in [9.17, 15) is 30.0 Å². The van der Waals surface area contributed by atoms with Crippen LogP contribution < -0.4 is 9.80 Å². The number of fused-ring (bicyclic) bond motifs is 2.